The molecule has 1 N–H and O–H groups in total. The number of amides is 1. The zero-order chi connectivity index (χ0) is 18.5. The highest BCUT2D eigenvalue weighted by molar-refractivity contribution is 6.00. The van der Waals surface area contributed by atoms with Crippen LogP contribution >= 0.6 is 0 Å². The van der Waals surface area contributed by atoms with Crippen LogP contribution in [-0.2, 0) is 7.05 Å². The number of hydrogen-bond donors (Lipinski definition) is 1. The molecule has 3 rings (SSSR count). The second kappa shape index (κ2) is 8.49. The Hall–Kier alpha value is -2.15. The van der Waals surface area contributed by atoms with Gasteiger partial charge in [-0.25, -0.2) is 4.68 Å². The normalized spacial score (nSPS) is 19.6. The number of rotatable bonds is 4. The largest absolute Gasteiger partial charge is 0.496 e. The second-order valence-electron chi connectivity index (χ2n) is 7.02. The minimum absolute atomic E-state index is 0.102. The van der Waals surface area contributed by atoms with Crippen molar-refractivity contribution in [3.63, 3.8) is 0 Å². The molecule has 2 aromatic rings. The molecule has 0 bridgehead atoms. The van der Waals surface area contributed by atoms with Gasteiger partial charge in [0.15, 0.2) is 0 Å². The van der Waals surface area contributed by atoms with Crippen molar-refractivity contribution in [1.29, 1.82) is 0 Å². The van der Waals surface area contributed by atoms with Gasteiger partial charge in [0.05, 0.1) is 18.2 Å². The molecule has 7 nitrogen and oxygen atoms in total. The minimum atomic E-state index is -0.102. The molecule has 1 amide bonds. The average Bonchev–Trinajstić information content (AvgIpc) is 3.06. The lowest BCUT2D eigenvalue weighted by Gasteiger charge is -2.26. The molecule has 0 aliphatic carbocycles. The van der Waals surface area contributed by atoms with Crippen LogP contribution in [-0.4, -0.2) is 58.6 Å². The molecule has 1 saturated heterocycles. The number of carbonyl (C=O) groups excluding carboxylic acids is 1. The van der Waals surface area contributed by atoms with E-state index in [0.29, 0.717) is 16.8 Å². The van der Waals surface area contributed by atoms with E-state index in [9.17, 15) is 4.79 Å². The number of fused-ring (bicyclic) bond motifs is 1. The molecule has 1 atom stereocenters. The molecule has 1 aromatic carbocycles. The molecule has 0 radical (unpaired) electrons. The molecule has 7 heteroatoms. The quantitative estimate of drug-likeness (QED) is 0.907. The summed E-state index contributed by atoms with van der Waals surface area (Å²) < 4.78 is 7.13. The number of benzene rings is 1. The maximum atomic E-state index is 13.0. The molecule has 0 spiro atoms. The number of hydrogen-bond acceptors (Lipinski definition) is 5. The van der Waals surface area contributed by atoms with Gasteiger partial charge in [-0.1, -0.05) is 31.4 Å². The van der Waals surface area contributed by atoms with Crippen molar-refractivity contribution in [2.45, 2.75) is 45.1 Å². The number of ether oxygens (including phenoxy) is 1. The van der Waals surface area contributed by atoms with Gasteiger partial charge in [0.1, 0.15) is 11.3 Å². The fourth-order valence-electron chi connectivity index (χ4n) is 3.65. The number of nitrogens with zero attached hydrogens (tertiary/aromatic N) is 4. The van der Waals surface area contributed by atoms with Crippen LogP contribution in [0, 0.1) is 0 Å². The summed E-state index contributed by atoms with van der Waals surface area (Å²) in [4.78, 5) is 15.4. The van der Waals surface area contributed by atoms with Gasteiger partial charge in [-0.15, -0.1) is 5.10 Å². The molecule has 1 aromatic heterocycles. The summed E-state index contributed by atoms with van der Waals surface area (Å²) in [6.45, 7) is 5.21. The van der Waals surface area contributed by atoms with Crippen LogP contribution in [0.1, 0.15) is 49.4 Å². The van der Waals surface area contributed by atoms with E-state index in [1.54, 1.807) is 17.9 Å². The highest BCUT2D eigenvalue weighted by Crippen LogP contribution is 2.25. The maximum Gasteiger partial charge on any atom is 0.255 e. The Kier molecular flexibility index (Phi) is 6.08. The first-order chi connectivity index (χ1) is 12.6. The van der Waals surface area contributed by atoms with Crippen LogP contribution in [0.25, 0.3) is 11.0 Å². The summed E-state index contributed by atoms with van der Waals surface area (Å²) in [6.07, 6.45) is 5.92. The Labute approximate surface area is 154 Å². The predicted octanol–water partition coefficient (Wildman–Crippen LogP) is 2.36. The summed E-state index contributed by atoms with van der Waals surface area (Å²) in [5.74, 6) is 0.450. The third kappa shape index (κ3) is 4.15. The lowest BCUT2D eigenvalue weighted by atomic mass is 10.1. The van der Waals surface area contributed by atoms with Crippen molar-refractivity contribution in [3.8, 4) is 5.75 Å². The number of likely N-dealkylation sites (N-methyl/N-ethyl adjacent to an activating group) is 1. The van der Waals surface area contributed by atoms with Crippen LogP contribution in [0.2, 0.25) is 0 Å². The highest BCUT2D eigenvalue weighted by atomic mass is 16.5. The maximum absolute atomic E-state index is 13.0. The smallest absolute Gasteiger partial charge is 0.255 e. The monoisotopic (exact) mass is 359 g/mol. The van der Waals surface area contributed by atoms with Gasteiger partial charge in [0.25, 0.3) is 5.91 Å². The first-order valence-corrected chi connectivity index (χ1v) is 9.53. The van der Waals surface area contributed by atoms with Crippen LogP contribution < -0.4 is 10.1 Å². The molecule has 1 aliphatic heterocycles. The van der Waals surface area contributed by atoms with Gasteiger partial charge in [0, 0.05) is 25.7 Å². The van der Waals surface area contributed by atoms with Crippen LogP contribution in [0.5, 0.6) is 5.75 Å². The number of carbonyl (C=O) groups is 1. The molecule has 142 valence electrons. The average molecular weight is 359 g/mol. The number of nitrogens with one attached hydrogen (secondary N) is 1. The minimum Gasteiger partial charge on any atom is -0.496 e. The van der Waals surface area contributed by atoms with Crippen molar-refractivity contribution in [1.82, 2.24) is 25.2 Å². The second-order valence-corrected chi connectivity index (χ2v) is 7.02. The van der Waals surface area contributed by atoms with E-state index in [-0.39, 0.29) is 11.9 Å². The Morgan fingerprint density at radius 2 is 2.12 bits per heavy atom. The van der Waals surface area contributed by atoms with E-state index >= 15 is 0 Å². The summed E-state index contributed by atoms with van der Waals surface area (Å²) in [6, 6.07) is 3.75. The van der Waals surface area contributed by atoms with E-state index in [2.05, 4.69) is 27.5 Å². The lowest BCUT2D eigenvalue weighted by molar-refractivity contribution is 0.0920. The van der Waals surface area contributed by atoms with Crippen molar-refractivity contribution >= 4 is 16.9 Å². The van der Waals surface area contributed by atoms with Gasteiger partial charge < -0.3 is 15.0 Å². The lowest BCUT2D eigenvalue weighted by Crippen LogP contribution is -2.43. The number of methoxy groups -OCH3 is 1. The zero-order valence-electron chi connectivity index (χ0n) is 16.0. The SMILES string of the molecule is CCN1CCCCCC[C@@H](NC(=O)c2cc3nnn(C)c3cc2OC)C1. The van der Waals surface area contributed by atoms with Gasteiger partial charge in [-0.05, 0) is 32.0 Å². The summed E-state index contributed by atoms with van der Waals surface area (Å²) >= 11 is 0. The van der Waals surface area contributed by atoms with Gasteiger partial charge in [-0.2, -0.15) is 0 Å². The summed E-state index contributed by atoms with van der Waals surface area (Å²) in [7, 11) is 3.41. The molecule has 1 aliphatic rings. The zero-order valence-corrected chi connectivity index (χ0v) is 16.0. The van der Waals surface area contributed by atoms with E-state index in [4.69, 9.17) is 4.74 Å². The third-order valence-corrected chi connectivity index (χ3v) is 5.21. The van der Waals surface area contributed by atoms with Crippen LogP contribution in [0.15, 0.2) is 12.1 Å². The molecule has 0 saturated carbocycles. The molecular formula is C19H29N5O2. The van der Waals surface area contributed by atoms with E-state index in [0.717, 1.165) is 38.0 Å². The van der Waals surface area contributed by atoms with Crippen molar-refractivity contribution in [2.24, 2.45) is 7.05 Å². The molecule has 1 fully saturated rings. The molecule has 26 heavy (non-hydrogen) atoms. The predicted molar refractivity (Wildman–Crippen MR) is 102 cm³/mol. The third-order valence-electron chi connectivity index (χ3n) is 5.21. The highest BCUT2D eigenvalue weighted by Gasteiger charge is 2.21. The topological polar surface area (TPSA) is 72.3 Å². The first kappa shape index (κ1) is 18.6. The Morgan fingerprint density at radius 3 is 2.88 bits per heavy atom. The van der Waals surface area contributed by atoms with Gasteiger partial charge >= 0.3 is 0 Å². The van der Waals surface area contributed by atoms with Gasteiger partial charge in [0.2, 0.25) is 0 Å². The van der Waals surface area contributed by atoms with Gasteiger partial charge in [-0.3, -0.25) is 4.79 Å². The first-order valence-electron chi connectivity index (χ1n) is 9.53. The van der Waals surface area contributed by atoms with Crippen molar-refractivity contribution in [3.05, 3.63) is 17.7 Å². The standard InChI is InChI=1S/C19H29N5O2/c1-4-24-10-8-6-5-7-9-14(13-24)20-19(25)15-11-16-17(12-18(15)26-3)23(2)22-21-16/h11-12,14H,4-10,13H2,1-3H3,(H,20,25)/t14-/m1/s1. The van der Waals surface area contributed by atoms with Crippen LogP contribution in [0.4, 0.5) is 0 Å². The number of aromatic nitrogens is 3. The number of aryl methyl sites for hydroxylation is 1. The van der Waals surface area contributed by atoms with Crippen molar-refractivity contribution in [2.75, 3.05) is 26.7 Å². The Balaban J connectivity index is 1.80. The van der Waals surface area contributed by atoms with E-state index < -0.39 is 0 Å². The summed E-state index contributed by atoms with van der Waals surface area (Å²) in [5.41, 5.74) is 2.06. The molecular weight excluding hydrogens is 330 g/mol. The Bertz CT molecular complexity index is 758. The fourth-order valence-corrected chi connectivity index (χ4v) is 3.65. The van der Waals surface area contributed by atoms with Crippen molar-refractivity contribution < 1.29 is 9.53 Å². The van der Waals surface area contributed by atoms with E-state index in [1.807, 2.05) is 13.1 Å². The summed E-state index contributed by atoms with van der Waals surface area (Å²) in [5, 5.41) is 11.4. The van der Waals surface area contributed by atoms with Crippen LogP contribution in [0.3, 0.4) is 0 Å². The fraction of sp³-hybridized carbons (Fsp3) is 0.632. The molecule has 0 unspecified atom stereocenters. The van der Waals surface area contributed by atoms with E-state index in [1.165, 1.54) is 19.3 Å². The molecule has 2 heterocycles. The Morgan fingerprint density at radius 1 is 1.31 bits per heavy atom.